The minimum Gasteiger partial charge on any atom is -0.394 e. The molecule has 1 unspecified atom stereocenters. The molecule has 6 fully saturated rings. The lowest BCUT2D eigenvalue weighted by molar-refractivity contribution is -0.378. The lowest BCUT2D eigenvalue weighted by Crippen LogP contribution is -2.67. The van der Waals surface area contributed by atoms with Gasteiger partial charge in [-0.1, -0.05) is 57.9 Å². The maximum Gasteiger partial charge on any atom is 0.187 e. The molecule has 6 aliphatic rings. The Hall–Kier alpha value is -1.00. The molecular formula is C42H70O12. The van der Waals surface area contributed by atoms with Crippen LogP contribution in [0.25, 0.3) is 0 Å². The number of allylic oxidation sites excluding steroid dienone is 4. The van der Waals surface area contributed by atoms with Crippen molar-refractivity contribution in [1.29, 1.82) is 0 Å². The quantitative estimate of drug-likeness (QED) is 0.126. The van der Waals surface area contributed by atoms with E-state index in [1.54, 1.807) is 0 Å². The minimum atomic E-state index is -1.74. The number of hydrogen-bond acceptors (Lipinski definition) is 12. The first-order chi connectivity index (χ1) is 25.3. The van der Waals surface area contributed by atoms with Gasteiger partial charge in [0.15, 0.2) is 12.6 Å². The van der Waals surface area contributed by atoms with Gasteiger partial charge in [-0.15, -0.1) is 0 Å². The molecule has 0 radical (unpaired) electrons. The van der Waals surface area contributed by atoms with Crippen LogP contribution in [0.3, 0.4) is 0 Å². The molecule has 12 heteroatoms. The lowest BCUT2D eigenvalue weighted by Gasteiger charge is -2.70. The summed E-state index contributed by atoms with van der Waals surface area (Å²) >= 11 is 0. The van der Waals surface area contributed by atoms with Gasteiger partial charge in [-0.25, -0.2) is 0 Å². The summed E-state index contributed by atoms with van der Waals surface area (Å²) in [6.45, 7) is 17.1. The highest BCUT2D eigenvalue weighted by Crippen LogP contribution is 2.75. The summed E-state index contributed by atoms with van der Waals surface area (Å²) < 4.78 is 24.4. The van der Waals surface area contributed by atoms with Crippen LogP contribution in [-0.4, -0.2) is 128 Å². The summed E-state index contributed by atoms with van der Waals surface area (Å²) in [6, 6.07) is 0. The van der Waals surface area contributed by atoms with Gasteiger partial charge in [-0.3, -0.25) is 0 Å². The lowest BCUT2D eigenvalue weighted by atomic mass is 9.35. The van der Waals surface area contributed by atoms with E-state index in [2.05, 4.69) is 67.5 Å². The molecule has 0 aromatic heterocycles. The zero-order valence-electron chi connectivity index (χ0n) is 33.7. The Bertz CT molecular complexity index is 1380. The minimum absolute atomic E-state index is 0.00171. The number of hydrogen-bond donors (Lipinski definition) is 8. The normalized spacial score (nSPS) is 51.9. The number of rotatable bonds is 9. The highest BCUT2D eigenvalue weighted by Gasteiger charge is 2.70. The first-order valence-electron chi connectivity index (χ1n) is 20.5. The van der Waals surface area contributed by atoms with E-state index in [0.717, 1.165) is 44.9 Å². The number of fused-ring (bicyclic) bond motifs is 5. The second-order valence-electron chi connectivity index (χ2n) is 19.4. The van der Waals surface area contributed by atoms with Gasteiger partial charge in [0.1, 0.15) is 48.8 Å². The van der Waals surface area contributed by atoms with Crippen molar-refractivity contribution in [3.8, 4) is 0 Å². The molecule has 0 spiro atoms. The fourth-order valence-corrected chi connectivity index (χ4v) is 12.9. The Morgan fingerprint density at radius 2 is 1.28 bits per heavy atom. The SMILES string of the molecule is CC(C)=CCC=C(C)[C@H]1CC[C@]2(C)[C@@H]1[C@H](O)C[C@@H]1[C@@]3(C)CC[C@H](O[C@@H]4O[C@H](CO)[C@@H](O)[C@H](O)[C@H]4O[C@@H]4O[C@H](CO)[C@@H](O)[C@H](O)[C@H]4O)C(C)(C)C3CC[C@]12C. The molecule has 4 saturated carbocycles. The van der Waals surface area contributed by atoms with E-state index in [4.69, 9.17) is 18.9 Å². The fourth-order valence-electron chi connectivity index (χ4n) is 12.9. The van der Waals surface area contributed by atoms with E-state index in [9.17, 15) is 40.9 Å². The molecule has 8 N–H and O–H groups in total. The monoisotopic (exact) mass is 766 g/mol. The summed E-state index contributed by atoms with van der Waals surface area (Å²) in [5.74, 6) is 1.14. The van der Waals surface area contributed by atoms with Crippen molar-refractivity contribution in [3.05, 3.63) is 23.3 Å². The molecule has 2 aliphatic heterocycles. The summed E-state index contributed by atoms with van der Waals surface area (Å²) in [5, 5.41) is 85.4. The first kappa shape index (κ1) is 42.6. The molecule has 6 rings (SSSR count). The van der Waals surface area contributed by atoms with Gasteiger partial charge in [-0.05, 0) is 117 Å². The average Bonchev–Trinajstić information content (AvgIpc) is 3.49. The average molecular weight is 767 g/mol. The van der Waals surface area contributed by atoms with Crippen LogP contribution in [0.1, 0.15) is 107 Å². The van der Waals surface area contributed by atoms with Crippen molar-refractivity contribution in [2.75, 3.05) is 13.2 Å². The molecule has 0 amide bonds. The molecule has 12 nitrogen and oxygen atoms in total. The number of aliphatic hydroxyl groups is 8. The van der Waals surface area contributed by atoms with Gasteiger partial charge in [0.25, 0.3) is 0 Å². The van der Waals surface area contributed by atoms with Crippen LogP contribution >= 0.6 is 0 Å². The molecule has 0 aromatic carbocycles. The first-order valence-corrected chi connectivity index (χ1v) is 20.5. The Morgan fingerprint density at radius 1 is 0.667 bits per heavy atom. The predicted octanol–water partition coefficient (Wildman–Crippen LogP) is 2.95. The second-order valence-corrected chi connectivity index (χ2v) is 19.4. The number of ether oxygens (including phenoxy) is 4. The maximum atomic E-state index is 12.1. The molecule has 2 heterocycles. The second kappa shape index (κ2) is 15.6. The summed E-state index contributed by atoms with van der Waals surface area (Å²) in [6.07, 6.45) is -3.65. The molecule has 0 aromatic rings. The van der Waals surface area contributed by atoms with Crippen molar-refractivity contribution in [2.45, 2.75) is 180 Å². The molecule has 19 atom stereocenters. The Balaban J connectivity index is 1.23. The van der Waals surface area contributed by atoms with Crippen molar-refractivity contribution in [2.24, 2.45) is 45.3 Å². The van der Waals surface area contributed by atoms with Crippen LogP contribution in [-0.2, 0) is 18.9 Å². The molecule has 0 bridgehead atoms. The third-order valence-corrected chi connectivity index (χ3v) is 16.1. The van der Waals surface area contributed by atoms with Crippen LogP contribution < -0.4 is 0 Å². The van der Waals surface area contributed by atoms with E-state index in [0.29, 0.717) is 18.3 Å². The van der Waals surface area contributed by atoms with Gasteiger partial charge in [0.05, 0.1) is 25.4 Å². The Kier molecular flexibility index (Phi) is 12.3. The summed E-state index contributed by atoms with van der Waals surface area (Å²) in [7, 11) is 0. The molecule has 4 aliphatic carbocycles. The van der Waals surface area contributed by atoms with Gasteiger partial charge in [0.2, 0.25) is 0 Å². The largest absolute Gasteiger partial charge is 0.394 e. The highest BCUT2D eigenvalue weighted by molar-refractivity contribution is 5.23. The molecule has 2 saturated heterocycles. The third kappa shape index (κ3) is 6.89. The highest BCUT2D eigenvalue weighted by atomic mass is 16.8. The zero-order chi connectivity index (χ0) is 39.7. The van der Waals surface area contributed by atoms with E-state index in [1.807, 2.05) is 0 Å². The van der Waals surface area contributed by atoms with E-state index in [1.165, 1.54) is 11.1 Å². The van der Waals surface area contributed by atoms with E-state index < -0.39 is 80.0 Å². The van der Waals surface area contributed by atoms with Crippen molar-refractivity contribution in [3.63, 3.8) is 0 Å². The topological polar surface area (TPSA) is 199 Å². The Labute approximate surface area is 321 Å². The standard InChI is InChI=1S/C42H70O12/c1-21(2)10-9-11-22(3)23-12-16-42(8)30(23)24(45)18-28-40(6)15-14-29(39(4,5)27(40)13-17-41(28,42)7)53-38-36(34(49)32(47)26(20-44)52-38)54-37-35(50)33(48)31(46)25(19-43)51-37/h10-11,23-38,43-50H,9,12-20H2,1-8H3/t23-,24-,25-,26-,27?,28-,29+,30+,31-,32-,33+,34+,35-,36-,37+,38+,40+,41-,42-/m1/s1. The van der Waals surface area contributed by atoms with Crippen molar-refractivity contribution >= 4 is 0 Å². The van der Waals surface area contributed by atoms with E-state index >= 15 is 0 Å². The van der Waals surface area contributed by atoms with Crippen molar-refractivity contribution in [1.82, 2.24) is 0 Å². The van der Waals surface area contributed by atoms with Crippen LogP contribution in [0.2, 0.25) is 0 Å². The molecule has 310 valence electrons. The van der Waals surface area contributed by atoms with E-state index in [-0.39, 0.29) is 40.3 Å². The smallest absolute Gasteiger partial charge is 0.187 e. The maximum absolute atomic E-state index is 12.1. The zero-order valence-corrected chi connectivity index (χ0v) is 33.7. The van der Waals surface area contributed by atoms with Gasteiger partial charge in [0, 0.05) is 0 Å². The van der Waals surface area contributed by atoms with Crippen LogP contribution in [0, 0.1) is 45.3 Å². The van der Waals surface area contributed by atoms with Gasteiger partial charge in [-0.2, -0.15) is 0 Å². The van der Waals surface area contributed by atoms with Crippen LogP contribution in [0.4, 0.5) is 0 Å². The van der Waals surface area contributed by atoms with Crippen molar-refractivity contribution < 1.29 is 59.8 Å². The van der Waals surface area contributed by atoms with Crippen LogP contribution in [0.5, 0.6) is 0 Å². The van der Waals surface area contributed by atoms with Crippen LogP contribution in [0.15, 0.2) is 23.3 Å². The van der Waals surface area contributed by atoms with Gasteiger partial charge < -0.3 is 59.8 Å². The third-order valence-electron chi connectivity index (χ3n) is 16.1. The molecule has 54 heavy (non-hydrogen) atoms. The number of aliphatic hydroxyl groups excluding tert-OH is 8. The predicted molar refractivity (Wildman–Crippen MR) is 199 cm³/mol. The fraction of sp³-hybridized carbons (Fsp3) is 0.905. The van der Waals surface area contributed by atoms with Gasteiger partial charge >= 0.3 is 0 Å². The summed E-state index contributed by atoms with van der Waals surface area (Å²) in [4.78, 5) is 0. The Morgan fingerprint density at radius 3 is 1.91 bits per heavy atom. The molecular weight excluding hydrogens is 696 g/mol. The summed E-state index contributed by atoms with van der Waals surface area (Å²) in [5.41, 5.74) is 2.29.